The van der Waals surface area contributed by atoms with E-state index in [4.69, 9.17) is 4.98 Å². The van der Waals surface area contributed by atoms with Gasteiger partial charge in [-0.1, -0.05) is 92.7 Å². The number of nitrogens with zero attached hydrogens (tertiary/aromatic N) is 5. The maximum Gasteiger partial charge on any atom is 0.140 e. The highest BCUT2D eigenvalue weighted by atomic mass is 15.2. The van der Waals surface area contributed by atoms with Crippen LogP contribution in [0.3, 0.4) is 0 Å². The molecular formula is C43H33N5. The number of hydrogen-bond donors (Lipinski definition) is 0. The lowest BCUT2D eigenvalue weighted by atomic mass is 9.74. The van der Waals surface area contributed by atoms with Gasteiger partial charge in [-0.25, -0.2) is 4.98 Å². The van der Waals surface area contributed by atoms with Crippen LogP contribution < -0.4 is 9.80 Å². The lowest BCUT2D eigenvalue weighted by molar-refractivity contribution is 0.630. The fourth-order valence-electron chi connectivity index (χ4n) is 7.42. The molecule has 0 saturated carbocycles. The number of hydrogen-bond acceptors (Lipinski definition) is 4. The summed E-state index contributed by atoms with van der Waals surface area (Å²) in [6, 6.07) is 53.6. The van der Waals surface area contributed by atoms with Crippen molar-refractivity contribution in [1.82, 2.24) is 14.5 Å². The average Bonchev–Trinajstić information content (AvgIpc) is 3.47. The Kier molecular flexibility index (Phi) is 6.40. The number of anilines is 6. The maximum absolute atomic E-state index is 5.39. The first-order valence-electron chi connectivity index (χ1n) is 16.3. The summed E-state index contributed by atoms with van der Waals surface area (Å²) in [5.74, 6) is 1.72. The van der Waals surface area contributed by atoms with E-state index in [1.165, 1.54) is 21.9 Å². The molecule has 3 aromatic heterocycles. The second-order valence-corrected chi connectivity index (χ2v) is 12.8. The van der Waals surface area contributed by atoms with Crippen LogP contribution in [0.5, 0.6) is 0 Å². The molecule has 48 heavy (non-hydrogen) atoms. The molecule has 1 aliphatic rings. The molecule has 0 unspecified atom stereocenters. The smallest absolute Gasteiger partial charge is 0.140 e. The fourth-order valence-corrected chi connectivity index (χ4v) is 7.42. The van der Waals surface area contributed by atoms with Gasteiger partial charge >= 0.3 is 0 Å². The number of rotatable bonds is 5. The minimum Gasteiger partial charge on any atom is -0.310 e. The van der Waals surface area contributed by atoms with Crippen molar-refractivity contribution in [3.8, 4) is 5.82 Å². The molecule has 230 valence electrons. The normalized spacial score (nSPS) is 13.3. The maximum atomic E-state index is 5.39. The Bertz CT molecular complexity index is 2360. The lowest BCUT2D eigenvalue weighted by Gasteiger charge is -2.41. The first-order valence-corrected chi connectivity index (χ1v) is 16.3. The molecule has 4 heterocycles. The number of aromatic nitrogens is 3. The molecular weight excluding hydrogens is 587 g/mol. The van der Waals surface area contributed by atoms with Crippen LogP contribution in [-0.4, -0.2) is 14.5 Å². The highest BCUT2D eigenvalue weighted by molar-refractivity contribution is 6.10. The van der Waals surface area contributed by atoms with Crippen molar-refractivity contribution in [2.45, 2.75) is 19.3 Å². The second kappa shape index (κ2) is 11.0. The van der Waals surface area contributed by atoms with Gasteiger partial charge in [0.2, 0.25) is 0 Å². The summed E-state index contributed by atoms with van der Waals surface area (Å²) in [5, 5.41) is 2.36. The van der Waals surface area contributed by atoms with Gasteiger partial charge in [0.1, 0.15) is 11.6 Å². The predicted octanol–water partition coefficient (Wildman–Crippen LogP) is 11.2. The van der Waals surface area contributed by atoms with E-state index >= 15 is 0 Å². The first-order chi connectivity index (χ1) is 23.6. The van der Waals surface area contributed by atoms with Gasteiger partial charge in [-0.15, -0.1) is 0 Å². The molecule has 0 fully saturated rings. The molecule has 8 aromatic rings. The monoisotopic (exact) mass is 619 g/mol. The van der Waals surface area contributed by atoms with E-state index in [0.29, 0.717) is 0 Å². The van der Waals surface area contributed by atoms with Crippen LogP contribution in [0.4, 0.5) is 34.3 Å². The van der Waals surface area contributed by atoms with E-state index < -0.39 is 0 Å². The summed E-state index contributed by atoms with van der Waals surface area (Å²) in [4.78, 5) is 14.5. The van der Waals surface area contributed by atoms with Crippen LogP contribution in [0.25, 0.3) is 27.6 Å². The van der Waals surface area contributed by atoms with Gasteiger partial charge in [0, 0.05) is 39.4 Å². The summed E-state index contributed by atoms with van der Waals surface area (Å²) >= 11 is 0. The molecule has 1 aliphatic heterocycles. The second-order valence-electron chi connectivity index (χ2n) is 12.8. The van der Waals surface area contributed by atoms with Crippen LogP contribution in [0.2, 0.25) is 0 Å². The topological polar surface area (TPSA) is 37.2 Å². The lowest BCUT2D eigenvalue weighted by Crippen LogP contribution is -2.31. The molecule has 0 amide bonds. The summed E-state index contributed by atoms with van der Waals surface area (Å²) in [7, 11) is 0. The Hall–Kier alpha value is -6.20. The van der Waals surface area contributed by atoms with Crippen LogP contribution >= 0.6 is 0 Å². The van der Waals surface area contributed by atoms with Crippen LogP contribution in [0, 0.1) is 0 Å². The van der Waals surface area contributed by atoms with Crippen molar-refractivity contribution in [2.75, 3.05) is 9.80 Å². The Labute approximate surface area is 280 Å². The van der Waals surface area contributed by atoms with Crippen molar-refractivity contribution < 1.29 is 0 Å². The molecule has 0 bridgehead atoms. The van der Waals surface area contributed by atoms with Gasteiger partial charge < -0.3 is 4.90 Å². The molecule has 0 saturated heterocycles. The SMILES string of the molecule is CC1(C)c2ccccc2N(c2cccc(-n3c4ccccc4c4cc(N(c5ccccc5)c5ccccc5)ccc43)n2)c2cnccc21. The third-order valence-electron chi connectivity index (χ3n) is 9.65. The zero-order valence-corrected chi connectivity index (χ0v) is 26.8. The third kappa shape index (κ3) is 4.32. The number of para-hydroxylation sites is 4. The summed E-state index contributed by atoms with van der Waals surface area (Å²) < 4.78 is 2.29. The van der Waals surface area contributed by atoms with Gasteiger partial charge in [0.05, 0.1) is 28.6 Å². The van der Waals surface area contributed by atoms with Crippen molar-refractivity contribution in [1.29, 1.82) is 0 Å². The van der Waals surface area contributed by atoms with Crippen molar-refractivity contribution in [2.24, 2.45) is 0 Å². The summed E-state index contributed by atoms with van der Waals surface area (Å²) in [6.07, 6.45) is 3.86. The molecule has 5 nitrogen and oxygen atoms in total. The van der Waals surface area contributed by atoms with Crippen LogP contribution in [-0.2, 0) is 5.41 Å². The van der Waals surface area contributed by atoms with E-state index in [1.807, 2.05) is 12.4 Å². The summed E-state index contributed by atoms with van der Waals surface area (Å²) in [6.45, 7) is 4.57. The van der Waals surface area contributed by atoms with Crippen LogP contribution in [0.1, 0.15) is 25.0 Å². The zero-order chi connectivity index (χ0) is 32.2. The Morgan fingerprint density at radius 1 is 0.521 bits per heavy atom. The van der Waals surface area contributed by atoms with Gasteiger partial charge in [0.15, 0.2) is 0 Å². The summed E-state index contributed by atoms with van der Waals surface area (Å²) in [5.41, 5.74) is 10.1. The molecule has 0 atom stereocenters. The average molecular weight is 620 g/mol. The fraction of sp³-hybridized carbons (Fsp3) is 0.0698. The highest BCUT2D eigenvalue weighted by Gasteiger charge is 2.37. The Morgan fingerprint density at radius 2 is 1.17 bits per heavy atom. The quantitative estimate of drug-likeness (QED) is 0.192. The van der Waals surface area contributed by atoms with E-state index in [2.05, 4.69) is 185 Å². The largest absolute Gasteiger partial charge is 0.310 e. The standard InChI is InChI=1S/C43H33N5/c1-43(2)35-19-10-12-21-39(35)48(40-29-44-27-26-36(40)43)42-23-13-22-41(45-42)47-37-20-11-9-18-33(37)34-28-32(24-25-38(34)47)46(30-14-5-3-6-15-30)31-16-7-4-8-17-31/h3-29H,1-2H3. The van der Waals surface area contributed by atoms with Gasteiger partial charge in [-0.3, -0.25) is 14.5 Å². The molecule has 0 spiro atoms. The molecule has 0 aliphatic carbocycles. The highest BCUT2D eigenvalue weighted by Crippen LogP contribution is 2.51. The first kappa shape index (κ1) is 28.1. The zero-order valence-electron chi connectivity index (χ0n) is 26.8. The molecule has 5 aromatic carbocycles. The molecule has 0 N–H and O–H groups in total. The minimum atomic E-state index is -0.166. The Morgan fingerprint density at radius 3 is 1.96 bits per heavy atom. The number of pyridine rings is 2. The third-order valence-corrected chi connectivity index (χ3v) is 9.65. The molecule has 9 rings (SSSR count). The number of fused-ring (bicyclic) bond motifs is 5. The van der Waals surface area contributed by atoms with Crippen molar-refractivity contribution >= 4 is 56.1 Å². The van der Waals surface area contributed by atoms with Gasteiger partial charge in [-0.05, 0) is 83.9 Å². The molecule has 5 heteroatoms. The van der Waals surface area contributed by atoms with E-state index in [-0.39, 0.29) is 5.41 Å². The van der Waals surface area contributed by atoms with Crippen molar-refractivity contribution in [3.05, 3.63) is 175 Å². The minimum absolute atomic E-state index is 0.166. The van der Waals surface area contributed by atoms with E-state index in [1.54, 1.807) is 0 Å². The predicted molar refractivity (Wildman–Crippen MR) is 198 cm³/mol. The van der Waals surface area contributed by atoms with Crippen molar-refractivity contribution in [3.63, 3.8) is 0 Å². The van der Waals surface area contributed by atoms with E-state index in [9.17, 15) is 0 Å². The van der Waals surface area contributed by atoms with E-state index in [0.717, 1.165) is 51.1 Å². The van der Waals surface area contributed by atoms with Crippen LogP contribution in [0.15, 0.2) is 164 Å². The van der Waals surface area contributed by atoms with Gasteiger partial charge in [0.25, 0.3) is 0 Å². The molecule has 0 radical (unpaired) electrons. The Balaban J connectivity index is 1.23. The number of benzene rings is 5. The van der Waals surface area contributed by atoms with Gasteiger partial charge in [-0.2, -0.15) is 0 Å².